The molecule has 0 aliphatic carbocycles. The smallest absolute Gasteiger partial charge is 0.120 e. The summed E-state index contributed by atoms with van der Waals surface area (Å²) in [6, 6.07) is 7.58. The van der Waals surface area contributed by atoms with E-state index in [9.17, 15) is 5.11 Å². The standard InChI is InChI=1S/C13H17NO/c1-3-5-10-14-12(4-2)11-8-6-7-9-13(11)15/h1,6-9,12,14-15H,4-5,10H2,2H3. The van der Waals surface area contributed by atoms with Crippen LogP contribution < -0.4 is 5.32 Å². The molecule has 0 saturated carbocycles. The van der Waals surface area contributed by atoms with Crippen LogP contribution in [0.5, 0.6) is 5.75 Å². The summed E-state index contributed by atoms with van der Waals surface area (Å²) in [5.74, 6) is 2.93. The van der Waals surface area contributed by atoms with Gasteiger partial charge >= 0.3 is 0 Å². The number of hydrogen-bond donors (Lipinski definition) is 2. The van der Waals surface area contributed by atoms with E-state index in [1.165, 1.54) is 0 Å². The average Bonchev–Trinajstić information content (AvgIpc) is 2.26. The van der Waals surface area contributed by atoms with Gasteiger partial charge in [0.1, 0.15) is 5.75 Å². The van der Waals surface area contributed by atoms with Gasteiger partial charge in [-0.25, -0.2) is 0 Å². The molecule has 1 aromatic rings. The van der Waals surface area contributed by atoms with Crippen molar-refractivity contribution in [2.45, 2.75) is 25.8 Å². The van der Waals surface area contributed by atoms with Crippen molar-refractivity contribution in [1.29, 1.82) is 0 Å². The van der Waals surface area contributed by atoms with Crippen LogP contribution in [0.25, 0.3) is 0 Å². The molecule has 0 saturated heterocycles. The molecule has 0 heterocycles. The second-order valence-electron chi connectivity index (χ2n) is 3.43. The van der Waals surface area contributed by atoms with Crippen LogP contribution in [0.4, 0.5) is 0 Å². The average molecular weight is 203 g/mol. The summed E-state index contributed by atoms with van der Waals surface area (Å²) in [6.07, 6.45) is 6.83. The third-order valence-electron chi connectivity index (χ3n) is 2.38. The third kappa shape index (κ3) is 3.30. The van der Waals surface area contributed by atoms with E-state index in [2.05, 4.69) is 18.2 Å². The van der Waals surface area contributed by atoms with Crippen LogP contribution >= 0.6 is 0 Å². The predicted octanol–water partition coefficient (Wildman–Crippen LogP) is 2.46. The maximum atomic E-state index is 9.69. The Hall–Kier alpha value is -1.46. The van der Waals surface area contributed by atoms with E-state index in [4.69, 9.17) is 6.42 Å². The van der Waals surface area contributed by atoms with E-state index < -0.39 is 0 Å². The van der Waals surface area contributed by atoms with Crippen molar-refractivity contribution in [3.63, 3.8) is 0 Å². The molecule has 0 bridgehead atoms. The molecular weight excluding hydrogens is 186 g/mol. The second kappa shape index (κ2) is 6.10. The molecule has 0 spiro atoms. The molecule has 1 rings (SSSR count). The van der Waals surface area contributed by atoms with E-state index in [1.54, 1.807) is 6.07 Å². The van der Waals surface area contributed by atoms with E-state index in [1.807, 2.05) is 18.2 Å². The van der Waals surface area contributed by atoms with Crippen LogP contribution in [0, 0.1) is 12.3 Å². The minimum Gasteiger partial charge on any atom is -0.508 e. The maximum absolute atomic E-state index is 9.69. The minimum absolute atomic E-state index is 0.180. The summed E-state index contributed by atoms with van der Waals surface area (Å²) in [7, 11) is 0. The van der Waals surface area contributed by atoms with Gasteiger partial charge in [-0.05, 0) is 12.5 Å². The number of phenols is 1. The van der Waals surface area contributed by atoms with Crippen molar-refractivity contribution in [2.75, 3.05) is 6.54 Å². The molecule has 80 valence electrons. The predicted molar refractivity (Wildman–Crippen MR) is 62.6 cm³/mol. The summed E-state index contributed by atoms with van der Waals surface area (Å²) in [4.78, 5) is 0. The van der Waals surface area contributed by atoms with Crippen molar-refractivity contribution in [3.8, 4) is 18.1 Å². The molecule has 0 fully saturated rings. The van der Waals surface area contributed by atoms with Crippen LogP contribution in [-0.2, 0) is 0 Å². The van der Waals surface area contributed by atoms with E-state index in [-0.39, 0.29) is 6.04 Å². The van der Waals surface area contributed by atoms with Gasteiger partial charge in [-0.2, -0.15) is 0 Å². The van der Waals surface area contributed by atoms with Crippen molar-refractivity contribution < 1.29 is 5.11 Å². The second-order valence-corrected chi connectivity index (χ2v) is 3.43. The highest BCUT2D eigenvalue weighted by molar-refractivity contribution is 5.34. The molecular formula is C13H17NO. The van der Waals surface area contributed by atoms with Crippen molar-refractivity contribution >= 4 is 0 Å². The molecule has 2 heteroatoms. The number of phenolic OH excluding ortho intramolecular Hbond substituents is 1. The fourth-order valence-corrected chi connectivity index (χ4v) is 1.57. The molecule has 2 nitrogen and oxygen atoms in total. The summed E-state index contributed by atoms with van der Waals surface area (Å²) in [5.41, 5.74) is 0.942. The Labute approximate surface area is 91.3 Å². The zero-order valence-electron chi connectivity index (χ0n) is 9.03. The maximum Gasteiger partial charge on any atom is 0.120 e. The summed E-state index contributed by atoms with van der Waals surface area (Å²) >= 11 is 0. The first kappa shape index (κ1) is 11.6. The Balaban J connectivity index is 2.66. The number of hydrogen-bond acceptors (Lipinski definition) is 2. The Kier molecular flexibility index (Phi) is 4.73. The molecule has 2 N–H and O–H groups in total. The summed E-state index contributed by atoms with van der Waals surface area (Å²) in [6.45, 7) is 2.86. The number of nitrogens with one attached hydrogen (secondary N) is 1. The first-order valence-electron chi connectivity index (χ1n) is 5.24. The highest BCUT2D eigenvalue weighted by Gasteiger charge is 2.11. The van der Waals surface area contributed by atoms with Crippen LogP contribution in [0.1, 0.15) is 31.4 Å². The van der Waals surface area contributed by atoms with Crippen LogP contribution in [0.15, 0.2) is 24.3 Å². The minimum atomic E-state index is 0.180. The Morgan fingerprint density at radius 2 is 2.20 bits per heavy atom. The quantitative estimate of drug-likeness (QED) is 0.569. The lowest BCUT2D eigenvalue weighted by Crippen LogP contribution is -2.21. The normalized spacial score (nSPS) is 12.0. The molecule has 1 atom stereocenters. The molecule has 0 aliphatic heterocycles. The van der Waals surface area contributed by atoms with Gasteiger partial charge in [-0.15, -0.1) is 12.3 Å². The molecule has 1 aromatic carbocycles. The van der Waals surface area contributed by atoms with Gasteiger partial charge in [0.05, 0.1) is 0 Å². The summed E-state index contributed by atoms with van der Waals surface area (Å²) < 4.78 is 0. The zero-order chi connectivity index (χ0) is 11.1. The van der Waals surface area contributed by atoms with Gasteiger partial charge < -0.3 is 10.4 Å². The first-order chi connectivity index (χ1) is 7.29. The Morgan fingerprint density at radius 1 is 1.47 bits per heavy atom. The Morgan fingerprint density at radius 3 is 2.80 bits per heavy atom. The van der Waals surface area contributed by atoms with E-state index in [0.717, 1.165) is 18.5 Å². The highest BCUT2D eigenvalue weighted by Crippen LogP contribution is 2.25. The molecule has 15 heavy (non-hydrogen) atoms. The van der Waals surface area contributed by atoms with Crippen LogP contribution in [-0.4, -0.2) is 11.7 Å². The fourth-order valence-electron chi connectivity index (χ4n) is 1.57. The molecule has 0 aliphatic rings. The number of aromatic hydroxyl groups is 1. The SMILES string of the molecule is C#CCCNC(CC)c1ccccc1O. The summed E-state index contributed by atoms with van der Waals surface area (Å²) in [5, 5.41) is 13.0. The third-order valence-corrected chi connectivity index (χ3v) is 2.38. The molecule has 1 unspecified atom stereocenters. The van der Waals surface area contributed by atoms with Crippen molar-refractivity contribution in [1.82, 2.24) is 5.32 Å². The highest BCUT2D eigenvalue weighted by atomic mass is 16.3. The largest absolute Gasteiger partial charge is 0.508 e. The number of terminal acetylenes is 1. The van der Waals surface area contributed by atoms with Gasteiger partial charge in [0.15, 0.2) is 0 Å². The Bertz CT molecular complexity index is 341. The van der Waals surface area contributed by atoms with Gasteiger partial charge in [0.2, 0.25) is 0 Å². The van der Waals surface area contributed by atoms with Gasteiger partial charge in [0.25, 0.3) is 0 Å². The van der Waals surface area contributed by atoms with Gasteiger partial charge in [0, 0.05) is 24.6 Å². The van der Waals surface area contributed by atoms with Gasteiger partial charge in [-0.3, -0.25) is 0 Å². The monoisotopic (exact) mass is 203 g/mol. The fraction of sp³-hybridized carbons (Fsp3) is 0.385. The number of benzene rings is 1. The topological polar surface area (TPSA) is 32.3 Å². The lowest BCUT2D eigenvalue weighted by molar-refractivity contribution is 0.443. The first-order valence-corrected chi connectivity index (χ1v) is 5.24. The van der Waals surface area contributed by atoms with Crippen molar-refractivity contribution in [3.05, 3.63) is 29.8 Å². The molecule has 0 aromatic heterocycles. The lowest BCUT2D eigenvalue weighted by atomic mass is 10.0. The van der Waals surface area contributed by atoms with Crippen molar-refractivity contribution in [2.24, 2.45) is 0 Å². The van der Waals surface area contributed by atoms with E-state index in [0.29, 0.717) is 12.2 Å². The van der Waals surface area contributed by atoms with E-state index >= 15 is 0 Å². The molecule has 0 amide bonds. The van der Waals surface area contributed by atoms with Crippen LogP contribution in [0.2, 0.25) is 0 Å². The lowest BCUT2D eigenvalue weighted by Gasteiger charge is -2.17. The molecule has 0 radical (unpaired) electrons. The van der Waals surface area contributed by atoms with Gasteiger partial charge in [-0.1, -0.05) is 25.1 Å². The number of rotatable bonds is 5. The van der Waals surface area contributed by atoms with Crippen LogP contribution in [0.3, 0.4) is 0 Å². The zero-order valence-corrected chi connectivity index (χ0v) is 9.03. The number of para-hydroxylation sites is 1.